The van der Waals surface area contributed by atoms with Gasteiger partial charge in [0.2, 0.25) is 0 Å². The molecule has 1 heterocycles. The van der Waals surface area contributed by atoms with Gasteiger partial charge in [0, 0.05) is 6.54 Å². The molecule has 21 heavy (non-hydrogen) atoms. The zero-order chi connectivity index (χ0) is 15.4. The van der Waals surface area contributed by atoms with Crippen LogP contribution in [0.2, 0.25) is 0 Å². The Kier molecular flexibility index (Phi) is 4.75. The van der Waals surface area contributed by atoms with Crippen molar-refractivity contribution in [2.24, 2.45) is 5.92 Å². The number of aliphatic hydroxyl groups excluding tert-OH is 1. The predicted molar refractivity (Wildman–Crippen MR) is 77.3 cm³/mol. The molecule has 0 bridgehead atoms. The molecule has 0 aliphatic rings. The van der Waals surface area contributed by atoms with E-state index in [4.69, 9.17) is 4.42 Å². The summed E-state index contributed by atoms with van der Waals surface area (Å²) in [5, 5.41) is 12.2. The smallest absolute Gasteiger partial charge is 0.287 e. The van der Waals surface area contributed by atoms with Gasteiger partial charge >= 0.3 is 0 Å². The molecule has 0 radical (unpaired) electrons. The number of carbonyl (C=O) groups is 1. The zero-order valence-electron chi connectivity index (χ0n) is 12.0. The molecule has 5 heteroatoms. The molecule has 0 saturated heterocycles. The van der Waals surface area contributed by atoms with Gasteiger partial charge in [0.1, 0.15) is 11.6 Å². The molecule has 0 fully saturated rings. The van der Waals surface area contributed by atoms with Crippen molar-refractivity contribution in [1.29, 1.82) is 0 Å². The van der Waals surface area contributed by atoms with E-state index in [9.17, 15) is 14.3 Å². The lowest BCUT2D eigenvalue weighted by molar-refractivity contribution is 0.0847. The van der Waals surface area contributed by atoms with E-state index in [1.54, 1.807) is 24.3 Å². The van der Waals surface area contributed by atoms with Crippen LogP contribution in [0.15, 0.2) is 40.8 Å². The van der Waals surface area contributed by atoms with Crippen LogP contribution in [0.3, 0.4) is 0 Å². The second-order valence-corrected chi connectivity index (χ2v) is 5.17. The van der Waals surface area contributed by atoms with Crippen LogP contribution < -0.4 is 5.32 Å². The van der Waals surface area contributed by atoms with Crippen molar-refractivity contribution in [3.63, 3.8) is 0 Å². The van der Waals surface area contributed by atoms with Gasteiger partial charge in [-0.05, 0) is 30.2 Å². The molecule has 0 spiro atoms. The predicted octanol–water partition coefficient (Wildman–Crippen LogP) is 2.83. The molecule has 1 aromatic heterocycles. The minimum Gasteiger partial charge on any atom is -0.451 e. The number of furan rings is 1. The molecule has 0 aliphatic carbocycles. The molecule has 2 N–H and O–H groups in total. The number of rotatable bonds is 5. The summed E-state index contributed by atoms with van der Waals surface area (Å²) in [4.78, 5) is 11.9. The number of carbonyl (C=O) groups excluding carboxylic acids is 1. The van der Waals surface area contributed by atoms with Gasteiger partial charge in [-0.2, -0.15) is 0 Å². The van der Waals surface area contributed by atoms with Crippen molar-refractivity contribution < 1.29 is 18.7 Å². The van der Waals surface area contributed by atoms with Crippen molar-refractivity contribution in [2.75, 3.05) is 6.54 Å². The van der Waals surface area contributed by atoms with E-state index >= 15 is 0 Å². The van der Waals surface area contributed by atoms with Gasteiger partial charge < -0.3 is 14.8 Å². The van der Waals surface area contributed by atoms with E-state index in [2.05, 4.69) is 5.32 Å². The first kappa shape index (κ1) is 15.3. The Morgan fingerprint density at radius 2 is 2.00 bits per heavy atom. The number of aliphatic hydroxyl groups is 1. The van der Waals surface area contributed by atoms with Crippen LogP contribution in [-0.2, 0) is 0 Å². The van der Waals surface area contributed by atoms with Gasteiger partial charge in [0.25, 0.3) is 5.91 Å². The quantitative estimate of drug-likeness (QED) is 0.890. The van der Waals surface area contributed by atoms with E-state index in [1.165, 1.54) is 12.1 Å². The van der Waals surface area contributed by atoms with E-state index in [-0.39, 0.29) is 18.2 Å². The first-order valence-electron chi connectivity index (χ1n) is 6.80. The van der Waals surface area contributed by atoms with E-state index < -0.39 is 17.8 Å². The number of halogens is 1. The summed E-state index contributed by atoms with van der Waals surface area (Å²) in [7, 11) is 0. The van der Waals surface area contributed by atoms with Crippen molar-refractivity contribution >= 4 is 5.91 Å². The maximum Gasteiger partial charge on any atom is 0.287 e. The van der Waals surface area contributed by atoms with Gasteiger partial charge in [-0.1, -0.05) is 26.0 Å². The fourth-order valence-corrected chi connectivity index (χ4v) is 1.79. The normalized spacial score (nSPS) is 12.4. The molecular formula is C16H18FNO3. The standard InChI is InChI=1S/C16H18FNO3/c1-10(2)13(19)9-18-16(20)15-8-7-14(21-15)11-5-3-4-6-12(11)17/h3-8,10,13,19H,9H2,1-2H3,(H,18,20). The van der Waals surface area contributed by atoms with Crippen LogP contribution in [0.1, 0.15) is 24.4 Å². The molecule has 2 rings (SSSR count). The van der Waals surface area contributed by atoms with Crippen LogP contribution in [0.25, 0.3) is 11.3 Å². The van der Waals surface area contributed by atoms with Crippen LogP contribution in [-0.4, -0.2) is 23.7 Å². The Balaban J connectivity index is 2.06. The van der Waals surface area contributed by atoms with Gasteiger partial charge in [-0.3, -0.25) is 4.79 Å². The van der Waals surface area contributed by atoms with Gasteiger partial charge in [-0.15, -0.1) is 0 Å². The minimum absolute atomic E-state index is 0.0517. The monoisotopic (exact) mass is 291 g/mol. The molecule has 1 unspecified atom stereocenters. The van der Waals surface area contributed by atoms with E-state index in [0.29, 0.717) is 11.3 Å². The topological polar surface area (TPSA) is 62.5 Å². The van der Waals surface area contributed by atoms with Gasteiger partial charge in [-0.25, -0.2) is 4.39 Å². The zero-order valence-corrected chi connectivity index (χ0v) is 12.0. The Hall–Kier alpha value is -2.14. The first-order chi connectivity index (χ1) is 9.99. The highest BCUT2D eigenvalue weighted by Crippen LogP contribution is 2.24. The summed E-state index contributed by atoms with van der Waals surface area (Å²) in [6, 6.07) is 9.22. The molecule has 0 saturated carbocycles. The lowest BCUT2D eigenvalue weighted by Gasteiger charge is -2.14. The molecule has 0 aliphatic heterocycles. The van der Waals surface area contributed by atoms with Crippen molar-refractivity contribution in [3.8, 4) is 11.3 Å². The fourth-order valence-electron chi connectivity index (χ4n) is 1.79. The number of hydrogen-bond acceptors (Lipinski definition) is 3. The summed E-state index contributed by atoms with van der Waals surface area (Å²) in [5.41, 5.74) is 0.304. The highest BCUT2D eigenvalue weighted by atomic mass is 19.1. The lowest BCUT2D eigenvalue weighted by Crippen LogP contribution is -2.34. The van der Waals surface area contributed by atoms with Crippen molar-refractivity contribution in [2.45, 2.75) is 20.0 Å². The summed E-state index contributed by atoms with van der Waals surface area (Å²) < 4.78 is 19.0. The average molecular weight is 291 g/mol. The van der Waals surface area contributed by atoms with Crippen molar-refractivity contribution in [1.82, 2.24) is 5.32 Å². The Morgan fingerprint density at radius 1 is 1.29 bits per heavy atom. The highest BCUT2D eigenvalue weighted by Gasteiger charge is 2.16. The minimum atomic E-state index is -0.616. The maximum absolute atomic E-state index is 13.6. The van der Waals surface area contributed by atoms with Crippen LogP contribution in [0, 0.1) is 11.7 Å². The number of nitrogens with one attached hydrogen (secondary N) is 1. The third-order valence-electron chi connectivity index (χ3n) is 3.21. The second kappa shape index (κ2) is 6.54. The molecule has 2 aromatic rings. The molecule has 4 nitrogen and oxygen atoms in total. The average Bonchev–Trinajstić information content (AvgIpc) is 2.94. The number of benzene rings is 1. The maximum atomic E-state index is 13.6. The molecular weight excluding hydrogens is 273 g/mol. The lowest BCUT2D eigenvalue weighted by atomic mass is 10.1. The number of amides is 1. The summed E-state index contributed by atoms with van der Waals surface area (Å²) in [6.07, 6.45) is -0.616. The Morgan fingerprint density at radius 3 is 2.67 bits per heavy atom. The second-order valence-electron chi connectivity index (χ2n) is 5.17. The Bertz CT molecular complexity index is 621. The summed E-state index contributed by atoms with van der Waals surface area (Å²) >= 11 is 0. The Labute approximate surface area is 122 Å². The van der Waals surface area contributed by atoms with E-state index in [0.717, 1.165) is 0 Å². The van der Waals surface area contributed by atoms with Crippen molar-refractivity contribution in [3.05, 3.63) is 48.0 Å². The fraction of sp³-hybridized carbons (Fsp3) is 0.312. The van der Waals surface area contributed by atoms with Crippen LogP contribution in [0.4, 0.5) is 4.39 Å². The molecule has 1 atom stereocenters. The third kappa shape index (κ3) is 3.70. The van der Waals surface area contributed by atoms with Gasteiger partial charge in [0.15, 0.2) is 5.76 Å². The third-order valence-corrected chi connectivity index (χ3v) is 3.21. The molecule has 1 aromatic carbocycles. The molecule has 112 valence electrons. The highest BCUT2D eigenvalue weighted by molar-refractivity contribution is 5.92. The SMILES string of the molecule is CC(C)C(O)CNC(=O)c1ccc(-c2ccccc2F)o1. The van der Waals surface area contributed by atoms with Gasteiger partial charge in [0.05, 0.1) is 11.7 Å². The summed E-state index contributed by atoms with van der Waals surface area (Å²) in [5.74, 6) is -0.408. The van der Waals surface area contributed by atoms with Crippen LogP contribution >= 0.6 is 0 Å². The van der Waals surface area contributed by atoms with Crippen LogP contribution in [0.5, 0.6) is 0 Å². The largest absolute Gasteiger partial charge is 0.451 e. The first-order valence-corrected chi connectivity index (χ1v) is 6.80. The number of hydrogen-bond donors (Lipinski definition) is 2. The molecule has 1 amide bonds. The summed E-state index contributed by atoms with van der Waals surface area (Å²) in [6.45, 7) is 3.87. The van der Waals surface area contributed by atoms with E-state index in [1.807, 2.05) is 13.8 Å².